The molecule has 0 aliphatic carbocycles. The van der Waals surface area contributed by atoms with Crippen molar-refractivity contribution >= 4 is 39.3 Å². The molecule has 3 amide bonds. The Balaban J connectivity index is 1.26. The van der Waals surface area contributed by atoms with Gasteiger partial charge in [-0.3, -0.25) is 24.6 Å². The second kappa shape index (κ2) is 9.46. The van der Waals surface area contributed by atoms with Gasteiger partial charge in [-0.25, -0.2) is 4.39 Å². The number of piperazine rings is 1. The van der Waals surface area contributed by atoms with Crippen LogP contribution in [0.1, 0.15) is 34.3 Å². The molecule has 2 aromatic rings. The standard InChI is InChI=1S/C25H26BrFN4O3/c26-17-3-1-16(2-4-17)7-8-29-9-11-30(12-10-29)22-14-18(27)13-19-20(22)15-31(25(19)34)21-5-6-23(32)28-24(21)33/h1-4,13-14,21H,5-12,15H2,(H,28,32,33). The first kappa shape index (κ1) is 23.0. The van der Waals surface area contributed by atoms with Crippen LogP contribution in [0.25, 0.3) is 0 Å². The molecule has 2 saturated heterocycles. The van der Waals surface area contributed by atoms with E-state index in [-0.39, 0.29) is 24.8 Å². The van der Waals surface area contributed by atoms with E-state index in [4.69, 9.17) is 0 Å². The van der Waals surface area contributed by atoms with E-state index >= 15 is 0 Å². The molecule has 0 spiro atoms. The van der Waals surface area contributed by atoms with E-state index in [1.54, 1.807) is 0 Å². The number of carbonyl (C=O) groups is 3. The molecule has 9 heteroatoms. The molecule has 0 saturated carbocycles. The average molecular weight is 529 g/mol. The third-order valence-electron chi connectivity index (χ3n) is 6.94. The largest absolute Gasteiger partial charge is 0.369 e. The minimum Gasteiger partial charge on any atom is -0.369 e. The molecule has 1 atom stereocenters. The Hall–Kier alpha value is -2.78. The van der Waals surface area contributed by atoms with E-state index < -0.39 is 17.8 Å². The lowest BCUT2D eigenvalue weighted by atomic mass is 10.0. The Bertz CT molecular complexity index is 1130. The minimum absolute atomic E-state index is 0.194. The van der Waals surface area contributed by atoms with Crippen LogP contribution in [0.5, 0.6) is 0 Å². The number of nitrogens with one attached hydrogen (secondary N) is 1. The number of rotatable bonds is 5. The summed E-state index contributed by atoms with van der Waals surface area (Å²) in [4.78, 5) is 42.9. The normalized spacial score (nSPS) is 21.1. The summed E-state index contributed by atoms with van der Waals surface area (Å²) in [5.74, 6) is -1.59. The van der Waals surface area contributed by atoms with E-state index in [0.29, 0.717) is 12.0 Å². The third kappa shape index (κ3) is 4.59. The first-order valence-electron chi connectivity index (χ1n) is 11.6. The number of halogens is 2. The fourth-order valence-electron chi connectivity index (χ4n) is 5.04. The van der Waals surface area contributed by atoms with Gasteiger partial charge in [0.25, 0.3) is 5.91 Å². The first-order valence-corrected chi connectivity index (χ1v) is 12.4. The van der Waals surface area contributed by atoms with Gasteiger partial charge in [-0.05, 0) is 42.7 Å². The van der Waals surface area contributed by atoms with Crippen molar-refractivity contribution in [3.63, 3.8) is 0 Å². The van der Waals surface area contributed by atoms with Gasteiger partial charge in [0, 0.05) is 67.0 Å². The predicted molar refractivity (Wildman–Crippen MR) is 129 cm³/mol. The van der Waals surface area contributed by atoms with Crippen molar-refractivity contribution in [3.05, 3.63) is 63.4 Å². The summed E-state index contributed by atoms with van der Waals surface area (Å²) in [7, 11) is 0. The molecular formula is C25H26BrFN4O3. The Labute approximate surface area is 206 Å². The number of piperidine rings is 1. The number of hydrogen-bond acceptors (Lipinski definition) is 5. The number of imide groups is 1. The smallest absolute Gasteiger partial charge is 0.255 e. The quantitative estimate of drug-likeness (QED) is 0.604. The van der Waals surface area contributed by atoms with Crippen LogP contribution in [0.15, 0.2) is 40.9 Å². The van der Waals surface area contributed by atoms with Gasteiger partial charge < -0.3 is 9.80 Å². The topological polar surface area (TPSA) is 73.0 Å². The fourth-order valence-corrected chi connectivity index (χ4v) is 5.30. The maximum Gasteiger partial charge on any atom is 0.255 e. The van der Waals surface area contributed by atoms with Crippen LogP contribution >= 0.6 is 15.9 Å². The van der Waals surface area contributed by atoms with Gasteiger partial charge in [-0.1, -0.05) is 28.1 Å². The van der Waals surface area contributed by atoms with Crippen LogP contribution in [-0.4, -0.2) is 66.3 Å². The molecule has 7 nitrogen and oxygen atoms in total. The van der Waals surface area contributed by atoms with Crippen molar-refractivity contribution in [3.8, 4) is 0 Å². The molecule has 5 rings (SSSR count). The lowest BCUT2D eigenvalue weighted by Crippen LogP contribution is -2.52. The number of nitrogens with zero attached hydrogens (tertiary/aromatic N) is 3. The Morgan fingerprint density at radius 3 is 2.47 bits per heavy atom. The number of hydrogen-bond donors (Lipinski definition) is 1. The molecule has 1 N–H and O–H groups in total. The summed E-state index contributed by atoms with van der Waals surface area (Å²) in [6.45, 7) is 4.39. The van der Waals surface area contributed by atoms with Gasteiger partial charge in [0.1, 0.15) is 11.9 Å². The van der Waals surface area contributed by atoms with E-state index in [0.717, 1.165) is 54.9 Å². The molecular weight excluding hydrogens is 503 g/mol. The number of amides is 3. The lowest BCUT2D eigenvalue weighted by molar-refractivity contribution is -0.136. The van der Waals surface area contributed by atoms with E-state index in [1.807, 2.05) is 0 Å². The van der Waals surface area contributed by atoms with Gasteiger partial charge in [0.05, 0.1) is 0 Å². The lowest BCUT2D eigenvalue weighted by Gasteiger charge is -2.37. The Kier molecular flexibility index (Phi) is 6.40. The van der Waals surface area contributed by atoms with Gasteiger partial charge in [-0.15, -0.1) is 0 Å². The van der Waals surface area contributed by atoms with Crippen LogP contribution in [0, 0.1) is 5.82 Å². The monoisotopic (exact) mass is 528 g/mol. The van der Waals surface area contributed by atoms with Crippen LogP contribution in [0.2, 0.25) is 0 Å². The van der Waals surface area contributed by atoms with Crippen molar-refractivity contribution in [2.75, 3.05) is 37.6 Å². The molecule has 3 heterocycles. The first-order chi connectivity index (χ1) is 16.4. The molecule has 2 fully saturated rings. The molecule has 3 aliphatic rings. The average Bonchev–Trinajstić information content (AvgIpc) is 3.14. The molecule has 0 aromatic heterocycles. The van der Waals surface area contributed by atoms with Crippen molar-refractivity contribution in [2.45, 2.75) is 31.8 Å². The predicted octanol–water partition coefficient (Wildman–Crippen LogP) is 2.71. The number of benzene rings is 2. The van der Waals surface area contributed by atoms with Crippen LogP contribution in [0.4, 0.5) is 10.1 Å². The van der Waals surface area contributed by atoms with E-state index in [2.05, 4.69) is 55.3 Å². The summed E-state index contributed by atoms with van der Waals surface area (Å²) in [6.07, 6.45) is 1.46. The minimum atomic E-state index is -0.705. The summed E-state index contributed by atoms with van der Waals surface area (Å²) in [6, 6.07) is 10.4. The highest BCUT2D eigenvalue weighted by Gasteiger charge is 2.41. The molecule has 1 unspecified atom stereocenters. The highest BCUT2D eigenvalue weighted by Crippen LogP contribution is 2.35. The van der Waals surface area contributed by atoms with Gasteiger partial charge in [0.15, 0.2) is 0 Å². The van der Waals surface area contributed by atoms with Crippen LogP contribution in [-0.2, 0) is 22.6 Å². The van der Waals surface area contributed by atoms with Crippen molar-refractivity contribution in [1.29, 1.82) is 0 Å². The number of anilines is 1. The van der Waals surface area contributed by atoms with Crippen molar-refractivity contribution in [1.82, 2.24) is 15.1 Å². The Morgan fingerprint density at radius 2 is 1.76 bits per heavy atom. The van der Waals surface area contributed by atoms with Crippen LogP contribution < -0.4 is 10.2 Å². The van der Waals surface area contributed by atoms with Crippen molar-refractivity contribution < 1.29 is 18.8 Å². The fraction of sp³-hybridized carbons (Fsp3) is 0.400. The third-order valence-corrected chi connectivity index (χ3v) is 7.47. The highest BCUT2D eigenvalue weighted by molar-refractivity contribution is 9.10. The Morgan fingerprint density at radius 1 is 1.03 bits per heavy atom. The summed E-state index contributed by atoms with van der Waals surface area (Å²) in [5, 5.41) is 2.31. The van der Waals surface area contributed by atoms with Gasteiger partial charge in [0.2, 0.25) is 11.8 Å². The van der Waals surface area contributed by atoms with Crippen molar-refractivity contribution in [2.24, 2.45) is 0 Å². The molecule has 2 aromatic carbocycles. The highest BCUT2D eigenvalue weighted by atomic mass is 79.9. The molecule has 178 valence electrons. The zero-order valence-electron chi connectivity index (χ0n) is 18.7. The molecule has 0 bridgehead atoms. The van der Waals surface area contributed by atoms with Gasteiger partial charge >= 0.3 is 0 Å². The van der Waals surface area contributed by atoms with E-state index in [9.17, 15) is 18.8 Å². The zero-order chi connectivity index (χ0) is 23.8. The van der Waals surface area contributed by atoms with Gasteiger partial charge in [-0.2, -0.15) is 0 Å². The zero-order valence-corrected chi connectivity index (χ0v) is 20.3. The summed E-state index contributed by atoms with van der Waals surface area (Å²) in [5.41, 5.74) is 3.10. The molecule has 3 aliphatic heterocycles. The SMILES string of the molecule is O=C1CCC(N2Cc3c(cc(F)cc3N3CCN(CCc4ccc(Br)cc4)CC3)C2=O)C(=O)N1. The second-order valence-corrected chi connectivity index (χ2v) is 9.97. The summed E-state index contributed by atoms with van der Waals surface area (Å²) < 4.78 is 15.6. The van der Waals surface area contributed by atoms with E-state index in [1.165, 1.54) is 22.6 Å². The number of fused-ring (bicyclic) bond motifs is 1. The van der Waals surface area contributed by atoms with Crippen LogP contribution in [0.3, 0.4) is 0 Å². The molecule has 34 heavy (non-hydrogen) atoms. The second-order valence-electron chi connectivity index (χ2n) is 9.06. The summed E-state index contributed by atoms with van der Waals surface area (Å²) >= 11 is 3.46. The molecule has 0 radical (unpaired) electrons. The number of carbonyl (C=O) groups excluding carboxylic acids is 3. The maximum absolute atomic E-state index is 14.5. The maximum atomic E-state index is 14.5.